The smallest absolute Gasteiger partial charge is 0.165 e. The molecule has 0 bridgehead atoms. The second-order valence-corrected chi connectivity index (χ2v) is 4.78. The molecule has 0 amide bonds. The van der Waals surface area contributed by atoms with Crippen molar-refractivity contribution in [3.05, 3.63) is 51.7 Å². The minimum absolute atomic E-state index is 0.0747. The van der Waals surface area contributed by atoms with Crippen molar-refractivity contribution < 1.29 is 4.39 Å². The van der Waals surface area contributed by atoms with E-state index in [2.05, 4.69) is 21.2 Å². The first-order valence-corrected chi connectivity index (χ1v) is 6.01. The van der Waals surface area contributed by atoms with Crippen LogP contribution < -0.4 is 11.1 Å². The normalized spacial score (nSPS) is 10.3. The lowest BCUT2D eigenvalue weighted by atomic mass is 10.2. The highest BCUT2D eigenvalue weighted by molar-refractivity contribution is 9.10. The van der Waals surface area contributed by atoms with Gasteiger partial charge in [0, 0.05) is 4.47 Å². The molecule has 0 saturated heterocycles. The maximum atomic E-state index is 13.7. The average molecular weight is 316 g/mol. The second kappa shape index (κ2) is 4.94. The van der Waals surface area contributed by atoms with E-state index in [4.69, 9.17) is 17.3 Å². The first-order valence-electron chi connectivity index (χ1n) is 4.84. The first-order chi connectivity index (χ1) is 8.08. The number of hydrogen-bond donors (Lipinski definition) is 2. The van der Waals surface area contributed by atoms with Crippen LogP contribution in [0.15, 0.2) is 40.9 Å². The van der Waals surface area contributed by atoms with Gasteiger partial charge in [-0.3, -0.25) is 0 Å². The lowest BCUT2D eigenvalue weighted by Gasteiger charge is -2.10. The Hall–Kier alpha value is -1.26. The van der Waals surface area contributed by atoms with Crippen molar-refractivity contribution in [2.45, 2.75) is 0 Å². The van der Waals surface area contributed by atoms with Gasteiger partial charge in [0.2, 0.25) is 0 Å². The number of nitrogens with two attached hydrogens (primary N) is 1. The summed E-state index contributed by atoms with van der Waals surface area (Å²) in [4.78, 5) is 0. The van der Waals surface area contributed by atoms with E-state index in [1.54, 1.807) is 24.3 Å². The van der Waals surface area contributed by atoms with E-state index >= 15 is 0 Å². The Labute approximate surface area is 112 Å². The van der Waals surface area contributed by atoms with Crippen LogP contribution in [0.2, 0.25) is 5.02 Å². The summed E-state index contributed by atoms with van der Waals surface area (Å²) in [6.07, 6.45) is 0. The van der Waals surface area contributed by atoms with E-state index in [1.165, 1.54) is 6.07 Å². The average Bonchev–Trinajstić information content (AvgIpc) is 2.28. The van der Waals surface area contributed by atoms with Crippen LogP contribution >= 0.6 is 27.5 Å². The van der Waals surface area contributed by atoms with Crippen LogP contribution in [0.1, 0.15) is 0 Å². The summed E-state index contributed by atoms with van der Waals surface area (Å²) >= 11 is 9.00. The van der Waals surface area contributed by atoms with Gasteiger partial charge in [0.25, 0.3) is 0 Å². The lowest BCUT2D eigenvalue weighted by molar-refractivity contribution is 0.632. The molecule has 0 aliphatic carbocycles. The quantitative estimate of drug-likeness (QED) is 0.797. The summed E-state index contributed by atoms with van der Waals surface area (Å²) in [6, 6.07) is 10.1. The molecule has 0 saturated carbocycles. The zero-order chi connectivity index (χ0) is 12.4. The number of nitrogens with one attached hydrogen (secondary N) is 1. The summed E-state index contributed by atoms with van der Waals surface area (Å²) in [5, 5.41) is 2.98. The maximum absolute atomic E-state index is 13.7. The molecular formula is C12H9BrClFN2. The number of anilines is 3. The van der Waals surface area contributed by atoms with Crippen LogP contribution in [0.3, 0.4) is 0 Å². The van der Waals surface area contributed by atoms with Crippen molar-refractivity contribution in [2.24, 2.45) is 0 Å². The van der Waals surface area contributed by atoms with Crippen molar-refractivity contribution in [1.82, 2.24) is 0 Å². The van der Waals surface area contributed by atoms with E-state index in [-0.39, 0.29) is 5.02 Å². The highest BCUT2D eigenvalue weighted by atomic mass is 79.9. The highest BCUT2D eigenvalue weighted by Crippen LogP contribution is 2.29. The fourth-order valence-electron chi connectivity index (χ4n) is 1.39. The molecule has 0 radical (unpaired) electrons. The SMILES string of the molecule is Nc1cc(Br)ccc1Nc1cccc(Cl)c1F. The molecule has 0 unspecified atom stereocenters. The zero-order valence-corrected chi connectivity index (χ0v) is 11.0. The molecule has 2 aromatic carbocycles. The molecule has 2 nitrogen and oxygen atoms in total. The molecule has 0 spiro atoms. The fraction of sp³-hybridized carbons (Fsp3) is 0. The van der Waals surface area contributed by atoms with Crippen molar-refractivity contribution in [3.63, 3.8) is 0 Å². The van der Waals surface area contributed by atoms with E-state index < -0.39 is 5.82 Å². The number of hydrogen-bond acceptors (Lipinski definition) is 2. The minimum Gasteiger partial charge on any atom is -0.397 e. The Morgan fingerprint density at radius 3 is 2.65 bits per heavy atom. The predicted molar refractivity (Wildman–Crippen MR) is 73.2 cm³/mol. The van der Waals surface area contributed by atoms with Crippen LogP contribution in [0, 0.1) is 5.82 Å². The minimum atomic E-state index is -0.489. The van der Waals surface area contributed by atoms with Gasteiger partial charge in [0.1, 0.15) is 0 Å². The summed E-state index contributed by atoms with van der Waals surface area (Å²) in [5.41, 5.74) is 7.27. The third kappa shape index (κ3) is 2.70. The van der Waals surface area contributed by atoms with Gasteiger partial charge < -0.3 is 11.1 Å². The van der Waals surface area contributed by atoms with Crippen LogP contribution in [0.4, 0.5) is 21.5 Å². The van der Waals surface area contributed by atoms with Gasteiger partial charge in [-0.25, -0.2) is 4.39 Å². The van der Waals surface area contributed by atoms with Gasteiger partial charge in [-0.15, -0.1) is 0 Å². The van der Waals surface area contributed by atoms with Crippen molar-refractivity contribution in [2.75, 3.05) is 11.1 Å². The molecule has 3 N–H and O–H groups in total. The van der Waals surface area contributed by atoms with E-state index in [9.17, 15) is 4.39 Å². The molecule has 0 heterocycles. The molecule has 2 rings (SSSR count). The topological polar surface area (TPSA) is 38.0 Å². The molecule has 0 aromatic heterocycles. The molecule has 0 aliphatic heterocycles. The van der Waals surface area contributed by atoms with Gasteiger partial charge in [-0.1, -0.05) is 33.6 Å². The molecule has 2 aromatic rings. The third-order valence-electron chi connectivity index (χ3n) is 2.23. The molecule has 0 atom stereocenters. The number of halogens is 3. The van der Waals surface area contributed by atoms with Crippen LogP contribution in [0.5, 0.6) is 0 Å². The first kappa shape index (κ1) is 12.2. The summed E-state index contributed by atoms with van der Waals surface area (Å²) in [7, 11) is 0. The van der Waals surface area contributed by atoms with E-state index in [0.29, 0.717) is 17.1 Å². The summed E-state index contributed by atoms with van der Waals surface area (Å²) in [6.45, 7) is 0. The van der Waals surface area contributed by atoms with Crippen LogP contribution in [0.25, 0.3) is 0 Å². The van der Waals surface area contributed by atoms with Crippen LogP contribution in [-0.2, 0) is 0 Å². The van der Waals surface area contributed by atoms with Crippen LogP contribution in [-0.4, -0.2) is 0 Å². The maximum Gasteiger partial charge on any atom is 0.165 e. The Bertz CT molecular complexity index is 560. The van der Waals surface area contributed by atoms with Gasteiger partial charge in [-0.05, 0) is 30.3 Å². The Morgan fingerprint density at radius 1 is 1.18 bits per heavy atom. The molecule has 88 valence electrons. The van der Waals surface area contributed by atoms with Crippen molar-refractivity contribution in [3.8, 4) is 0 Å². The molecule has 17 heavy (non-hydrogen) atoms. The number of nitrogen functional groups attached to an aromatic ring is 1. The third-order valence-corrected chi connectivity index (χ3v) is 3.02. The fourth-order valence-corrected chi connectivity index (χ4v) is 1.95. The monoisotopic (exact) mass is 314 g/mol. The van der Waals surface area contributed by atoms with E-state index in [1.807, 2.05) is 6.07 Å². The Morgan fingerprint density at radius 2 is 1.94 bits per heavy atom. The standard InChI is InChI=1S/C12H9BrClFN2/c13-7-4-5-10(9(16)6-7)17-11-3-1-2-8(14)12(11)15/h1-6,17H,16H2. The predicted octanol–water partition coefficient (Wildman–Crippen LogP) is 4.57. The molecule has 5 heteroatoms. The van der Waals surface area contributed by atoms with Gasteiger partial charge >= 0.3 is 0 Å². The van der Waals surface area contributed by atoms with Gasteiger partial charge in [0.15, 0.2) is 5.82 Å². The van der Waals surface area contributed by atoms with Gasteiger partial charge in [-0.2, -0.15) is 0 Å². The number of rotatable bonds is 2. The van der Waals surface area contributed by atoms with Gasteiger partial charge in [0.05, 0.1) is 22.1 Å². The second-order valence-electron chi connectivity index (χ2n) is 3.46. The zero-order valence-electron chi connectivity index (χ0n) is 8.68. The Kier molecular flexibility index (Phi) is 3.54. The summed E-state index contributed by atoms with van der Waals surface area (Å²) in [5.74, 6) is -0.489. The highest BCUT2D eigenvalue weighted by Gasteiger charge is 2.07. The lowest BCUT2D eigenvalue weighted by Crippen LogP contribution is -1.98. The van der Waals surface area contributed by atoms with Crippen molar-refractivity contribution in [1.29, 1.82) is 0 Å². The van der Waals surface area contributed by atoms with E-state index in [0.717, 1.165) is 4.47 Å². The van der Waals surface area contributed by atoms with Crippen molar-refractivity contribution >= 4 is 44.6 Å². The Balaban J connectivity index is 2.35. The summed E-state index contributed by atoms with van der Waals surface area (Å²) < 4.78 is 14.5. The molecular weight excluding hydrogens is 307 g/mol. The largest absolute Gasteiger partial charge is 0.397 e. The molecule has 0 aliphatic rings. The number of benzene rings is 2. The molecule has 0 fully saturated rings.